The minimum atomic E-state index is 0.128. The predicted octanol–water partition coefficient (Wildman–Crippen LogP) is 1.48. The first kappa shape index (κ1) is 17.6. The van der Waals surface area contributed by atoms with Crippen LogP contribution in [0.3, 0.4) is 0 Å². The van der Waals surface area contributed by atoms with Crippen molar-refractivity contribution in [2.75, 3.05) is 30.8 Å². The zero-order valence-electron chi connectivity index (χ0n) is 14.3. The van der Waals surface area contributed by atoms with Gasteiger partial charge in [-0.1, -0.05) is 25.0 Å². The van der Waals surface area contributed by atoms with Gasteiger partial charge >= 0.3 is 0 Å². The number of unbranched alkanes of at least 4 members (excludes halogenated alkanes) is 3. The van der Waals surface area contributed by atoms with Gasteiger partial charge in [0.1, 0.15) is 0 Å². The quantitative estimate of drug-likeness (QED) is 0.401. The van der Waals surface area contributed by atoms with Gasteiger partial charge in [0.15, 0.2) is 17.0 Å². The molecule has 0 aromatic carbocycles. The van der Waals surface area contributed by atoms with E-state index in [2.05, 4.69) is 26.3 Å². The number of nitrogens with two attached hydrogens (primary N) is 1. The summed E-state index contributed by atoms with van der Waals surface area (Å²) in [5, 5.41) is 21.4. The van der Waals surface area contributed by atoms with Crippen molar-refractivity contribution < 1.29 is 10.2 Å². The molecule has 2 aromatic rings. The molecule has 0 fully saturated rings. The van der Waals surface area contributed by atoms with Gasteiger partial charge in [-0.25, -0.2) is 4.98 Å². The van der Waals surface area contributed by atoms with Crippen LogP contribution in [0.15, 0.2) is 18.5 Å². The molecule has 0 unspecified atom stereocenters. The van der Waals surface area contributed by atoms with E-state index >= 15 is 0 Å². The zero-order chi connectivity index (χ0) is 17.6. The van der Waals surface area contributed by atoms with Crippen molar-refractivity contribution in [2.45, 2.75) is 38.1 Å². The molecule has 0 aliphatic heterocycles. The highest BCUT2D eigenvalue weighted by atomic mass is 16.3. The van der Waals surface area contributed by atoms with Crippen molar-refractivity contribution in [3.8, 4) is 0 Å². The minimum Gasteiger partial charge on any atom is -0.396 e. The molecular weight excluding hydrogens is 320 g/mol. The molecule has 0 saturated heterocycles. The highest BCUT2D eigenvalue weighted by Crippen LogP contribution is 2.31. The standard InChI is InChI=1S/C17H26N6O2/c18-17-21-15(19-7-3-1-2-4-8-24)14-16(22-17)23(11-20-14)13-6-5-12(9-13)10-25/h5-6,11-13,24-25H,1-4,7-10H2,(H3,18,19,21,22)/t12-,13+/m1/s1. The van der Waals surface area contributed by atoms with E-state index < -0.39 is 0 Å². The summed E-state index contributed by atoms with van der Waals surface area (Å²) in [6.07, 6.45) is 10.6. The second-order valence-corrected chi connectivity index (χ2v) is 6.45. The molecule has 136 valence electrons. The Morgan fingerprint density at radius 2 is 2.00 bits per heavy atom. The normalized spacial score (nSPS) is 19.8. The Bertz CT molecular complexity index is 729. The number of anilines is 2. The number of rotatable bonds is 9. The van der Waals surface area contributed by atoms with Gasteiger partial charge in [-0.3, -0.25) is 0 Å². The van der Waals surface area contributed by atoms with E-state index in [0.29, 0.717) is 17.0 Å². The molecule has 0 spiro atoms. The number of imidazole rings is 1. The number of nitrogen functional groups attached to an aromatic ring is 1. The van der Waals surface area contributed by atoms with Crippen LogP contribution in [0.1, 0.15) is 38.1 Å². The van der Waals surface area contributed by atoms with Crippen LogP contribution in [0, 0.1) is 5.92 Å². The Morgan fingerprint density at radius 1 is 1.16 bits per heavy atom. The third-order valence-corrected chi connectivity index (χ3v) is 4.56. The first-order valence-corrected chi connectivity index (χ1v) is 8.87. The maximum atomic E-state index is 9.31. The molecule has 0 radical (unpaired) electrons. The van der Waals surface area contributed by atoms with Crippen LogP contribution in [-0.2, 0) is 0 Å². The molecule has 1 aliphatic rings. The van der Waals surface area contributed by atoms with Gasteiger partial charge in [0.2, 0.25) is 5.95 Å². The monoisotopic (exact) mass is 346 g/mol. The van der Waals surface area contributed by atoms with E-state index in [1.807, 2.05) is 10.6 Å². The minimum absolute atomic E-state index is 0.128. The SMILES string of the molecule is Nc1nc(NCCCCCCO)c2ncn([C@H]3C=C[C@@H](CO)C3)c2n1. The second kappa shape index (κ2) is 8.26. The Hall–Kier alpha value is -2.19. The zero-order valence-corrected chi connectivity index (χ0v) is 14.3. The van der Waals surface area contributed by atoms with Gasteiger partial charge in [0, 0.05) is 25.7 Å². The van der Waals surface area contributed by atoms with Crippen LogP contribution in [0.5, 0.6) is 0 Å². The molecule has 0 bridgehead atoms. The van der Waals surface area contributed by atoms with E-state index in [-0.39, 0.29) is 31.1 Å². The maximum absolute atomic E-state index is 9.31. The molecule has 8 heteroatoms. The molecule has 5 N–H and O–H groups in total. The number of nitrogens with one attached hydrogen (secondary N) is 1. The van der Waals surface area contributed by atoms with Gasteiger partial charge in [-0.15, -0.1) is 0 Å². The van der Waals surface area contributed by atoms with Gasteiger partial charge in [-0.2, -0.15) is 9.97 Å². The largest absolute Gasteiger partial charge is 0.396 e. The van der Waals surface area contributed by atoms with Crippen LogP contribution in [0.4, 0.5) is 11.8 Å². The average Bonchev–Trinajstić information content (AvgIpc) is 3.24. The number of fused-ring (bicyclic) bond motifs is 1. The van der Waals surface area contributed by atoms with Crippen molar-refractivity contribution in [3.05, 3.63) is 18.5 Å². The number of aliphatic hydroxyl groups excluding tert-OH is 2. The Balaban J connectivity index is 1.71. The van der Waals surface area contributed by atoms with Crippen LogP contribution in [0.2, 0.25) is 0 Å². The molecule has 2 heterocycles. The number of nitrogens with zero attached hydrogens (tertiary/aromatic N) is 4. The van der Waals surface area contributed by atoms with Crippen LogP contribution in [-0.4, -0.2) is 49.5 Å². The van der Waals surface area contributed by atoms with Crippen molar-refractivity contribution in [1.29, 1.82) is 0 Å². The summed E-state index contributed by atoms with van der Waals surface area (Å²) in [5.74, 6) is 1.06. The summed E-state index contributed by atoms with van der Waals surface area (Å²) in [4.78, 5) is 13.1. The second-order valence-electron chi connectivity index (χ2n) is 6.45. The lowest BCUT2D eigenvalue weighted by molar-refractivity contribution is 0.244. The highest BCUT2D eigenvalue weighted by molar-refractivity contribution is 5.84. The Morgan fingerprint density at radius 3 is 2.76 bits per heavy atom. The van der Waals surface area contributed by atoms with Gasteiger partial charge in [0.25, 0.3) is 0 Å². The van der Waals surface area contributed by atoms with E-state index in [1.54, 1.807) is 6.33 Å². The summed E-state index contributed by atoms with van der Waals surface area (Å²) in [7, 11) is 0. The Labute approximate surface area is 146 Å². The molecule has 0 amide bonds. The first-order valence-electron chi connectivity index (χ1n) is 8.87. The topological polar surface area (TPSA) is 122 Å². The lowest BCUT2D eigenvalue weighted by Gasteiger charge is -2.13. The summed E-state index contributed by atoms with van der Waals surface area (Å²) in [6, 6.07) is 0.128. The number of allylic oxidation sites excluding steroid dienone is 1. The molecule has 3 rings (SSSR count). The molecular formula is C17H26N6O2. The molecule has 1 aliphatic carbocycles. The third-order valence-electron chi connectivity index (χ3n) is 4.56. The van der Waals surface area contributed by atoms with Gasteiger partial charge in [-0.05, 0) is 19.3 Å². The number of hydrogen-bond donors (Lipinski definition) is 4. The van der Waals surface area contributed by atoms with Crippen LogP contribution in [0.25, 0.3) is 11.2 Å². The fourth-order valence-electron chi connectivity index (χ4n) is 3.19. The van der Waals surface area contributed by atoms with Crippen molar-refractivity contribution in [3.63, 3.8) is 0 Å². The van der Waals surface area contributed by atoms with Gasteiger partial charge < -0.3 is 25.8 Å². The smallest absolute Gasteiger partial charge is 0.224 e. The molecule has 2 aromatic heterocycles. The first-order chi connectivity index (χ1) is 12.2. The lowest BCUT2D eigenvalue weighted by Crippen LogP contribution is -2.10. The van der Waals surface area contributed by atoms with E-state index in [4.69, 9.17) is 10.8 Å². The van der Waals surface area contributed by atoms with Crippen molar-refractivity contribution in [2.24, 2.45) is 5.92 Å². The maximum Gasteiger partial charge on any atom is 0.224 e. The third kappa shape index (κ3) is 4.08. The Kier molecular flexibility index (Phi) is 5.83. The highest BCUT2D eigenvalue weighted by Gasteiger charge is 2.22. The van der Waals surface area contributed by atoms with Crippen molar-refractivity contribution in [1.82, 2.24) is 19.5 Å². The molecule has 2 atom stereocenters. The lowest BCUT2D eigenvalue weighted by atomic mass is 10.1. The van der Waals surface area contributed by atoms with Crippen LogP contribution >= 0.6 is 0 Å². The fourth-order valence-corrected chi connectivity index (χ4v) is 3.19. The molecule has 0 saturated carbocycles. The van der Waals surface area contributed by atoms with E-state index in [9.17, 15) is 5.11 Å². The van der Waals surface area contributed by atoms with E-state index in [1.165, 1.54) is 0 Å². The van der Waals surface area contributed by atoms with E-state index in [0.717, 1.165) is 38.6 Å². The summed E-state index contributed by atoms with van der Waals surface area (Å²) in [6.45, 7) is 1.18. The molecule has 25 heavy (non-hydrogen) atoms. The number of hydrogen-bond acceptors (Lipinski definition) is 7. The van der Waals surface area contributed by atoms with Gasteiger partial charge in [0.05, 0.1) is 12.4 Å². The number of aromatic nitrogens is 4. The predicted molar refractivity (Wildman–Crippen MR) is 97.1 cm³/mol. The van der Waals surface area contributed by atoms with Crippen molar-refractivity contribution >= 4 is 22.9 Å². The average molecular weight is 346 g/mol. The number of aliphatic hydroxyl groups is 2. The van der Waals surface area contributed by atoms with Crippen LogP contribution < -0.4 is 11.1 Å². The summed E-state index contributed by atoms with van der Waals surface area (Å²) >= 11 is 0. The fraction of sp³-hybridized carbons (Fsp3) is 0.588. The molecule has 8 nitrogen and oxygen atoms in total. The summed E-state index contributed by atoms with van der Waals surface area (Å²) in [5.41, 5.74) is 7.31. The summed E-state index contributed by atoms with van der Waals surface area (Å²) < 4.78 is 1.99.